The minimum atomic E-state index is -1.47. The maximum absolute atomic E-state index is 12.8. The zero-order valence-corrected chi connectivity index (χ0v) is 19.3. The molecule has 3 rings (SSSR count). The third-order valence-electron chi connectivity index (χ3n) is 6.38. The lowest BCUT2D eigenvalue weighted by molar-refractivity contribution is -0.140. The second kappa shape index (κ2) is 9.25. The van der Waals surface area contributed by atoms with E-state index in [0.717, 1.165) is 43.6 Å². The molecule has 1 saturated heterocycles. The Balaban J connectivity index is 1.67. The van der Waals surface area contributed by atoms with E-state index in [4.69, 9.17) is 11.6 Å². The van der Waals surface area contributed by atoms with Crippen LogP contribution in [0.1, 0.15) is 57.6 Å². The molecule has 0 radical (unpaired) electrons. The van der Waals surface area contributed by atoms with Crippen molar-refractivity contribution in [2.24, 2.45) is 5.92 Å². The summed E-state index contributed by atoms with van der Waals surface area (Å²) in [6.45, 7) is 10.1. The minimum Gasteiger partial charge on any atom is -0.381 e. The number of amides is 2. The summed E-state index contributed by atoms with van der Waals surface area (Å²) in [5.41, 5.74) is 1.13. The molecule has 1 aliphatic carbocycles. The van der Waals surface area contributed by atoms with Gasteiger partial charge in [0.15, 0.2) is 0 Å². The fourth-order valence-electron chi connectivity index (χ4n) is 4.46. The molecule has 0 bridgehead atoms. The molecule has 1 aliphatic heterocycles. The topological polar surface area (TPSA) is 72.9 Å². The Morgan fingerprint density at radius 3 is 2.50 bits per heavy atom. The van der Waals surface area contributed by atoms with Crippen molar-refractivity contribution in [2.75, 3.05) is 25.0 Å². The fraction of sp³-hybridized carbons (Fsp3) is 0.652. The molecule has 6 nitrogen and oxygen atoms in total. The number of carbonyl (C=O) groups excluding carboxylic acids is 2. The van der Waals surface area contributed by atoms with Gasteiger partial charge in [-0.15, -0.1) is 0 Å². The number of hydrogen-bond donors (Lipinski definition) is 2. The van der Waals surface area contributed by atoms with E-state index in [1.165, 1.54) is 26.7 Å². The van der Waals surface area contributed by atoms with Crippen LogP contribution in [0.4, 0.5) is 5.69 Å². The zero-order chi connectivity index (χ0) is 22.1. The third-order valence-corrected chi connectivity index (χ3v) is 6.60. The molecule has 2 amide bonds. The third kappa shape index (κ3) is 5.34. The first-order chi connectivity index (χ1) is 14.1. The molecule has 30 heavy (non-hydrogen) atoms. The number of carbonyl (C=O) groups is 2. The Hall–Kier alpha value is -1.63. The van der Waals surface area contributed by atoms with Crippen molar-refractivity contribution < 1.29 is 14.7 Å². The van der Waals surface area contributed by atoms with Crippen LogP contribution < -0.4 is 5.32 Å². The van der Waals surface area contributed by atoms with Crippen LogP contribution in [-0.4, -0.2) is 58.0 Å². The summed E-state index contributed by atoms with van der Waals surface area (Å²) in [7, 11) is 0. The van der Waals surface area contributed by atoms with Gasteiger partial charge in [0.1, 0.15) is 5.60 Å². The van der Waals surface area contributed by atoms with Crippen molar-refractivity contribution in [3.63, 3.8) is 0 Å². The molecule has 1 unspecified atom stereocenters. The summed E-state index contributed by atoms with van der Waals surface area (Å²) in [6.07, 6.45) is 4.41. The summed E-state index contributed by atoms with van der Waals surface area (Å²) in [5, 5.41) is 13.3. The number of aliphatic hydroxyl groups is 1. The van der Waals surface area contributed by atoms with E-state index in [1.54, 1.807) is 6.07 Å². The molecule has 2 N–H and O–H groups in total. The molecule has 7 heteroatoms. The highest BCUT2D eigenvalue weighted by molar-refractivity contribution is 6.31. The first kappa shape index (κ1) is 23.0. The summed E-state index contributed by atoms with van der Waals surface area (Å²) in [5.74, 6) is 0.0813. The predicted octanol–water partition coefficient (Wildman–Crippen LogP) is 3.58. The molecule has 2 aliphatic rings. The summed E-state index contributed by atoms with van der Waals surface area (Å²) in [4.78, 5) is 29.4. The van der Waals surface area contributed by atoms with E-state index >= 15 is 0 Å². The van der Waals surface area contributed by atoms with Crippen LogP contribution in [0.5, 0.6) is 0 Å². The van der Waals surface area contributed by atoms with E-state index < -0.39 is 11.5 Å². The molecule has 1 aromatic carbocycles. The Bertz CT molecular complexity index is 800. The first-order valence-electron chi connectivity index (χ1n) is 10.9. The summed E-state index contributed by atoms with van der Waals surface area (Å²) in [6, 6.07) is 3.82. The molecular formula is C23H34ClN3O3. The molecule has 0 spiro atoms. The number of nitrogens with one attached hydrogen (secondary N) is 1. The molecular weight excluding hydrogens is 402 g/mol. The largest absolute Gasteiger partial charge is 0.381 e. The zero-order valence-electron chi connectivity index (χ0n) is 18.5. The minimum absolute atomic E-state index is 0.181. The number of piperazine rings is 1. The highest BCUT2D eigenvalue weighted by atomic mass is 35.5. The average molecular weight is 436 g/mol. The lowest BCUT2D eigenvalue weighted by Crippen LogP contribution is -2.54. The van der Waals surface area contributed by atoms with Gasteiger partial charge in [0.05, 0.1) is 0 Å². The Morgan fingerprint density at radius 1 is 1.23 bits per heavy atom. The SMILES string of the molecule is Cc1c(CN2CCN(C(=O)C3CCCC3)C(C)C2)cc(Cl)cc1NC(=O)C(C)(C)O. The number of hydrogen-bond acceptors (Lipinski definition) is 4. The Labute approximate surface area is 184 Å². The smallest absolute Gasteiger partial charge is 0.255 e. The number of halogens is 1. The fourth-order valence-corrected chi connectivity index (χ4v) is 4.70. The van der Waals surface area contributed by atoms with Gasteiger partial charge in [-0.25, -0.2) is 0 Å². The quantitative estimate of drug-likeness (QED) is 0.741. The molecule has 0 aromatic heterocycles. The van der Waals surface area contributed by atoms with Gasteiger partial charge in [0.25, 0.3) is 5.91 Å². The van der Waals surface area contributed by atoms with Crippen LogP contribution in [0.15, 0.2) is 12.1 Å². The summed E-state index contributed by atoms with van der Waals surface area (Å²) >= 11 is 6.32. The monoisotopic (exact) mass is 435 g/mol. The van der Waals surface area contributed by atoms with Crippen LogP contribution in [0.25, 0.3) is 0 Å². The molecule has 2 fully saturated rings. The Kier molecular flexibility index (Phi) is 7.10. The van der Waals surface area contributed by atoms with Crippen LogP contribution in [0.3, 0.4) is 0 Å². The molecule has 166 valence electrons. The number of anilines is 1. The lowest BCUT2D eigenvalue weighted by atomic mass is 10.0. The predicted molar refractivity (Wildman–Crippen MR) is 120 cm³/mol. The van der Waals surface area contributed by atoms with Crippen molar-refractivity contribution in [1.29, 1.82) is 0 Å². The van der Waals surface area contributed by atoms with E-state index in [0.29, 0.717) is 23.2 Å². The molecule has 1 aromatic rings. The van der Waals surface area contributed by atoms with E-state index in [9.17, 15) is 14.7 Å². The second-order valence-corrected chi connectivity index (χ2v) is 9.78. The average Bonchev–Trinajstić information content (AvgIpc) is 3.19. The van der Waals surface area contributed by atoms with Crippen LogP contribution in [0, 0.1) is 12.8 Å². The van der Waals surface area contributed by atoms with Crippen molar-refractivity contribution >= 4 is 29.1 Å². The van der Waals surface area contributed by atoms with Crippen LogP contribution in [0.2, 0.25) is 5.02 Å². The normalized spacial score (nSPS) is 21.1. The van der Waals surface area contributed by atoms with Gasteiger partial charge < -0.3 is 15.3 Å². The summed E-state index contributed by atoms with van der Waals surface area (Å²) < 4.78 is 0. The van der Waals surface area contributed by atoms with Crippen molar-refractivity contribution in [3.05, 3.63) is 28.3 Å². The van der Waals surface area contributed by atoms with Gasteiger partial charge in [0.2, 0.25) is 5.91 Å². The molecule has 1 heterocycles. The standard InChI is InChI=1S/C23H34ClN3O3/c1-15-13-26(9-10-27(15)21(28)17-7-5-6-8-17)14-18-11-19(24)12-20(16(18)2)25-22(29)23(3,4)30/h11-12,15,17,30H,5-10,13-14H2,1-4H3,(H,25,29). The second-order valence-electron chi connectivity index (χ2n) is 9.35. The number of nitrogens with zero attached hydrogens (tertiary/aromatic N) is 2. The maximum Gasteiger partial charge on any atom is 0.255 e. The Morgan fingerprint density at radius 2 is 1.90 bits per heavy atom. The van der Waals surface area contributed by atoms with E-state index in [-0.39, 0.29) is 12.0 Å². The molecule has 1 atom stereocenters. The van der Waals surface area contributed by atoms with Gasteiger partial charge in [-0.05, 0) is 63.8 Å². The highest BCUT2D eigenvalue weighted by Crippen LogP contribution is 2.30. The van der Waals surface area contributed by atoms with E-state index in [1.807, 2.05) is 13.0 Å². The first-order valence-corrected chi connectivity index (χ1v) is 11.3. The van der Waals surface area contributed by atoms with Gasteiger partial charge in [-0.1, -0.05) is 24.4 Å². The maximum atomic E-state index is 12.8. The number of rotatable bonds is 5. The highest BCUT2D eigenvalue weighted by Gasteiger charge is 2.33. The van der Waals surface area contributed by atoms with Gasteiger partial charge in [0, 0.05) is 48.8 Å². The molecule has 1 saturated carbocycles. The van der Waals surface area contributed by atoms with Gasteiger partial charge in [-0.2, -0.15) is 0 Å². The van der Waals surface area contributed by atoms with Gasteiger partial charge in [-0.3, -0.25) is 14.5 Å². The van der Waals surface area contributed by atoms with Crippen molar-refractivity contribution in [1.82, 2.24) is 9.80 Å². The van der Waals surface area contributed by atoms with Crippen LogP contribution in [-0.2, 0) is 16.1 Å². The van der Waals surface area contributed by atoms with Gasteiger partial charge >= 0.3 is 0 Å². The lowest BCUT2D eigenvalue weighted by Gasteiger charge is -2.41. The van der Waals surface area contributed by atoms with Crippen molar-refractivity contribution in [3.8, 4) is 0 Å². The van der Waals surface area contributed by atoms with Crippen molar-refractivity contribution in [2.45, 2.75) is 71.6 Å². The number of benzene rings is 1. The van der Waals surface area contributed by atoms with E-state index in [2.05, 4.69) is 22.0 Å². The van der Waals surface area contributed by atoms with Crippen LogP contribution >= 0.6 is 11.6 Å².